The van der Waals surface area contributed by atoms with Crippen molar-refractivity contribution in [2.75, 3.05) is 13.2 Å². The minimum Gasteiger partial charge on any atom is -0.466 e. The van der Waals surface area contributed by atoms with Gasteiger partial charge < -0.3 is 9.47 Å². The Morgan fingerprint density at radius 2 is 1.86 bits per heavy atom. The van der Waals surface area contributed by atoms with Crippen molar-refractivity contribution in [1.29, 1.82) is 0 Å². The van der Waals surface area contributed by atoms with Gasteiger partial charge >= 0.3 is 11.9 Å². The first-order valence-corrected chi connectivity index (χ1v) is 6.21. The van der Waals surface area contributed by atoms with Crippen molar-refractivity contribution in [2.24, 2.45) is 0 Å². The Bertz CT molecular complexity index is 196. The molecule has 82 valence electrons. The third kappa shape index (κ3) is 5.39. The van der Waals surface area contributed by atoms with Gasteiger partial charge in [-0.2, -0.15) is 0 Å². The maximum absolute atomic E-state index is 11.2. The van der Waals surface area contributed by atoms with E-state index in [-0.39, 0.29) is 6.42 Å². The molecule has 0 bridgehead atoms. The van der Waals surface area contributed by atoms with Crippen LogP contribution in [0.5, 0.6) is 0 Å². The summed E-state index contributed by atoms with van der Waals surface area (Å²) in [5.41, 5.74) is 0. The minimum absolute atomic E-state index is 0.000833. The first kappa shape index (κ1) is 13.6. The van der Waals surface area contributed by atoms with Crippen LogP contribution in [-0.2, 0) is 19.1 Å². The van der Waals surface area contributed by atoms with Crippen molar-refractivity contribution >= 4 is 34.4 Å². The van der Waals surface area contributed by atoms with Crippen molar-refractivity contribution in [3.05, 3.63) is 0 Å². The molecule has 0 aromatic carbocycles. The summed E-state index contributed by atoms with van der Waals surface area (Å²) in [6, 6.07) is 0. The lowest BCUT2D eigenvalue weighted by molar-refractivity contribution is -0.149. The van der Waals surface area contributed by atoms with Gasteiger partial charge in [-0.1, -0.05) is 10.8 Å². The smallest absolute Gasteiger partial charge is 0.320 e. The third-order valence-electron chi connectivity index (χ3n) is 1.33. The molecule has 0 radical (unpaired) electrons. The normalized spacial score (nSPS) is 11.9. The third-order valence-corrected chi connectivity index (χ3v) is 2.71. The van der Waals surface area contributed by atoms with Crippen molar-refractivity contribution in [3.8, 4) is 0 Å². The van der Waals surface area contributed by atoms with Crippen molar-refractivity contribution in [1.82, 2.24) is 0 Å². The number of carbonyl (C=O) groups is 2. The maximum atomic E-state index is 11.2. The highest BCUT2D eigenvalue weighted by atomic mass is 33.1. The fourth-order valence-electron chi connectivity index (χ4n) is 0.770. The van der Waals surface area contributed by atoms with Gasteiger partial charge in [0.05, 0.1) is 19.6 Å². The van der Waals surface area contributed by atoms with Gasteiger partial charge in [0.2, 0.25) is 0 Å². The number of thiol groups is 1. The van der Waals surface area contributed by atoms with E-state index in [9.17, 15) is 9.59 Å². The highest BCUT2D eigenvalue weighted by Gasteiger charge is 2.23. The Morgan fingerprint density at radius 1 is 1.29 bits per heavy atom. The monoisotopic (exact) mass is 238 g/mol. The molecule has 0 saturated heterocycles. The summed E-state index contributed by atoms with van der Waals surface area (Å²) in [5, 5.41) is -0.586. The summed E-state index contributed by atoms with van der Waals surface area (Å²) in [4.78, 5) is 22.3. The van der Waals surface area contributed by atoms with E-state index in [1.807, 2.05) is 0 Å². The number of ether oxygens (including phenoxy) is 2. The molecule has 0 aromatic rings. The molecule has 0 rings (SSSR count). The fraction of sp³-hybridized carbons (Fsp3) is 0.750. The zero-order valence-corrected chi connectivity index (χ0v) is 9.90. The highest BCUT2D eigenvalue weighted by molar-refractivity contribution is 8.69. The van der Waals surface area contributed by atoms with Gasteiger partial charge in [0.25, 0.3) is 0 Å². The molecule has 0 N–H and O–H groups in total. The highest BCUT2D eigenvalue weighted by Crippen LogP contribution is 2.20. The van der Waals surface area contributed by atoms with E-state index in [1.165, 1.54) is 0 Å². The Balaban J connectivity index is 4.01. The standard InChI is InChI=1S/C8H14O4S2/c1-3-11-7(9)5-6(14-13)8(10)12-4-2/h6,13H,3-5H2,1-2H3. The van der Waals surface area contributed by atoms with Gasteiger partial charge in [-0.15, -0.1) is 11.7 Å². The van der Waals surface area contributed by atoms with Gasteiger partial charge in [-0.05, 0) is 13.8 Å². The summed E-state index contributed by atoms with van der Waals surface area (Å²) >= 11 is 3.90. The number of hydrogen-bond acceptors (Lipinski definition) is 6. The van der Waals surface area contributed by atoms with E-state index in [2.05, 4.69) is 11.7 Å². The van der Waals surface area contributed by atoms with Gasteiger partial charge in [0.1, 0.15) is 5.25 Å². The van der Waals surface area contributed by atoms with E-state index in [4.69, 9.17) is 9.47 Å². The van der Waals surface area contributed by atoms with Crippen molar-refractivity contribution in [3.63, 3.8) is 0 Å². The topological polar surface area (TPSA) is 52.6 Å². The number of carbonyl (C=O) groups excluding carboxylic acids is 2. The summed E-state index contributed by atoms with van der Waals surface area (Å²) < 4.78 is 9.47. The van der Waals surface area contributed by atoms with Gasteiger partial charge in [0, 0.05) is 0 Å². The fourth-order valence-corrected chi connectivity index (χ4v) is 1.62. The maximum Gasteiger partial charge on any atom is 0.320 e. The van der Waals surface area contributed by atoms with Crippen LogP contribution in [0.2, 0.25) is 0 Å². The molecule has 1 unspecified atom stereocenters. The molecule has 0 aliphatic rings. The average Bonchev–Trinajstić information content (AvgIpc) is 2.15. The molecule has 0 aliphatic heterocycles. The van der Waals surface area contributed by atoms with Crippen LogP contribution in [-0.4, -0.2) is 30.4 Å². The number of esters is 2. The molecule has 0 spiro atoms. The molecule has 0 heterocycles. The molecule has 0 saturated carbocycles. The van der Waals surface area contributed by atoms with Crippen LogP contribution in [0, 0.1) is 0 Å². The largest absolute Gasteiger partial charge is 0.466 e. The summed E-state index contributed by atoms with van der Waals surface area (Å²) in [6.07, 6.45) is 0.000833. The second-order valence-electron chi connectivity index (χ2n) is 2.36. The Hall–Kier alpha value is -0.360. The van der Waals surface area contributed by atoms with Crippen LogP contribution in [0.4, 0.5) is 0 Å². The lowest BCUT2D eigenvalue weighted by atomic mass is 10.3. The predicted molar refractivity (Wildman–Crippen MR) is 58.2 cm³/mol. The zero-order chi connectivity index (χ0) is 11.0. The average molecular weight is 238 g/mol. The molecule has 0 aliphatic carbocycles. The van der Waals surface area contributed by atoms with Crippen LogP contribution < -0.4 is 0 Å². The quantitative estimate of drug-likeness (QED) is 0.431. The first-order chi connectivity index (χ1) is 6.65. The second kappa shape index (κ2) is 7.99. The lowest BCUT2D eigenvalue weighted by Gasteiger charge is -2.10. The molecule has 1 atom stereocenters. The Kier molecular flexibility index (Phi) is 7.78. The zero-order valence-electron chi connectivity index (χ0n) is 8.19. The van der Waals surface area contributed by atoms with Gasteiger partial charge in [-0.3, -0.25) is 9.59 Å². The number of hydrogen-bond donors (Lipinski definition) is 1. The van der Waals surface area contributed by atoms with E-state index in [0.717, 1.165) is 10.8 Å². The molecule has 14 heavy (non-hydrogen) atoms. The van der Waals surface area contributed by atoms with Crippen LogP contribution in [0.15, 0.2) is 0 Å². The SMILES string of the molecule is CCOC(=O)CC(SS)C(=O)OCC. The summed E-state index contributed by atoms with van der Waals surface area (Å²) in [5.74, 6) is -0.840. The van der Waals surface area contributed by atoms with Crippen LogP contribution in [0.1, 0.15) is 20.3 Å². The molecule has 0 aromatic heterocycles. The van der Waals surface area contributed by atoms with Crippen molar-refractivity contribution in [2.45, 2.75) is 25.5 Å². The van der Waals surface area contributed by atoms with E-state index >= 15 is 0 Å². The van der Waals surface area contributed by atoms with E-state index < -0.39 is 17.2 Å². The molecule has 4 nitrogen and oxygen atoms in total. The van der Waals surface area contributed by atoms with Crippen molar-refractivity contribution < 1.29 is 19.1 Å². The van der Waals surface area contributed by atoms with Crippen LogP contribution in [0.3, 0.4) is 0 Å². The Labute approximate surface area is 92.5 Å². The molecular weight excluding hydrogens is 224 g/mol. The molecule has 6 heteroatoms. The molecule has 0 fully saturated rings. The number of rotatable bonds is 6. The van der Waals surface area contributed by atoms with Gasteiger partial charge in [-0.25, -0.2) is 0 Å². The van der Waals surface area contributed by atoms with E-state index in [0.29, 0.717) is 13.2 Å². The lowest BCUT2D eigenvalue weighted by Crippen LogP contribution is -2.23. The van der Waals surface area contributed by atoms with Crippen LogP contribution in [0.25, 0.3) is 0 Å². The Morgan fingerprint density at radius 3 is 2.29 bits per heavy atom. The predicted octanol–water partition coefficient (Wildman–Crippen LogP) is 1.45. The second-order valence-corrected chi connectivity index (χ2v) is 3.77. The summed E-state index contributed by atoms with van der Waals surface area (Å²) in [7, 11) is 0.991. The summed E-state index contributed by atoms with van der Waals surface area (Å²) in [6.45, 7) is 4.03. The first-order valence-electron chi connectivity index (χ1n) is 4.28. The van der Waals surface area contributed by atoms with Crippen LogP contribution >= 0.6 is 22.5 Å². The molecular formula is C8H14O4S2. The molecule has 0 amide bonds. The van der Waals surface area contributed by atoms with Gasteiger partial charge in [0.15, 0.2) is 0 Å². The minimum atomic E-state index is -0.586. The van der Waals surface area contributed by atoms with E-state index in [1.54, 1.807) is 13.8 Å².